The molecule has 0 N–H and O–H groups in total. The Hall–Kier alpha value is -6.38. The summed E-state index contributed by atoms with van der Waals surface area (Å²) in [6.45, 7) is 11.1. The minimum absolute atomic E-state index is 0.100. The second kappa shape index (κ2) is 13.5. The molecule has 0 radical (unpaired) electrons. The van der Waals surface area contributed by atoms with Crippen LogP contribution in [0.25, 0.3) is 27.8 Å². The summed E-state index contributed by atoms with van der Waals surface area (Å²) in [4.78, 5) is 4.87. The highest BCUT2D eigenvalue weighted by atomic mass is 15.2. The summed E-state index contributed by atoms with van der Waals surface area (Å²) in [5.41, 5.74) is 17.0. The van der Waals surface area contributed by atoms with E-state index < -0.39 is 0 Å². The van der Waals surface area contributed by atoms with Crippen molar-refractivity contribution in [3.8, 4) is 22.3 Å². The Kier molecular flexibility index (Phi) is 8.39. The lowest BCUT2D eigenvalue weighted by Crippen LogP contribution is -2.28. The van der Waals surface area contributed by atoms with Crippen molar-refractivity contribution in [3.05, 3.63) is 217 Å². The van der Waals surface area contributed by atoms with Crippen LogP contribution in [0.1, 0.15) is 48.9 Å². The van der Waals surface area contributed by atoms with Gasteiger partial charge in [0, 0.05) is 39.8 Å². The normalized spacial score (nSPS) is 17.4. The maximum Gasteiger partial charge on any atom is 0.0629 e. The van der Waals surface area contributed by atoms with E-state index in [2.05, 4.69) is 200 Å². The number of para-hydroxylation sites is 1. The Morgan fingerprint density at radius 2 is 1.37 bits per heavy atom. The molecule has 262 valence electrons. The van der Waals surface area contributed by atoms with Crippen LogP contribution in [0.2, 0.25) is 0 Å². The maximum absolute atomic E-state index is 4.40. The summed E-state index contributed by atoms with van der Waals surface area (Å²) in [7, 11) is 0. The molecule has 54 heavy (non-hydrogen) atoms. The van der Waals surface area contributed by atoms with Gasteiger partial charge in [0.1, 0.15) is 0 Å². The van der Waals surface area contributed by atoms with Crippen LogP contribution in [0.15, 0.2) is 195 Å². The van der Waals surface area contributed by atoms with Crippen molar-refractivity contribution in [1.82, 2.24) is 0 Å². The molecule has 2 aliphatic carbocycles. The SMILES string of the molecule is C=C(/C=C\C=C/C)c1cccc(N(c2ccc(-c3ccc4c(c3)C3C=CC=CC3N4c3ccccc3)cc2)c2ccc3c(c2)C(C)(C)c2ccccc2-3)c1. The van der Waals surface area contributed by atoms with E-state index in [4.69, 9.17) is 0 Å². The van der Waals surface area contributed by atoms with Crippen molar-refractivity contribution in [2.75, 3.05) is 9.80 Å². The molecule has 0 bridgehead atoms. The van der Waals surface area contributed by atoms with Crippen LogP contribution in [-0.2, 0) is 5.41 Å². The highest BCUT2D eigenvalue weighted by molar-refractivity contribution is 5.87. The van der Waals surface area contributed by atoms with Crippen LogP contribution in [0, 0.1) is 0 Å². The third-order valence-electron chi connectivity index (χ3n) is 11.4. The van der Waals surface area contributed by atoms with Gasteiger partial charge in [0.05, 0.1) is 6.04 Å². The van der Waals surface area contributed by atoms with Crippen LogP contribution < -0.4 is 9.80 Å². The molecular weight excluding hydrogens is 653 g/mol. The maximum atomic E-state index is 4.40. The van der Waals surface area contributed by atoms with Crippen molar-refractivity contribution < 1.29 is 0 Å². The monoisotopic (exact) mass is 696 g/mol. The van der Waals surface area contributed by atoms with E-state index in [1.807, 2.05) is 25.2 Å². The molecule has 3 aliphatic rings. The lowest BCUT2D eigenvalue weighted by atomic mass is 9.82. The van der Waals surface area contributed by atoms with Gasteiger partial charge in [-0.05, 0) is 118 Å². The second-order valence-electron chi connectivity index (χ2n) is 15.0. The van der Waals surface area contributed by atoms with Gasteiger partial charge in [0.25, 0.3) is 0 Å². The third-order valence-corrected chi connectivity index (χ3v) is 11.4. The lowest BCUT2D eigenvalue weighted by Gasteiger charge is -2.28. The Bertz CT molecular complexity index is 2510. The van der Waals surface area contributed by atoms with E-state index in [1.165, 1.54) is 50.3 Å². The quantitative estimate of drug-likeness (QED) is 0.146. The fourth-order valence-corrected chi connectivity index (χ4v) is 8.72. The van der Waals surface area contributed by atoms with Crippen molar-refractivity contribution in [2.45, 2.75) is 38.1 Å². The highest BCUT2D eigenvalue weighted by Crippen LogP contribution is 2.51. The molecule has 2 nitrogen and oxygen atoms in total. The fourth-order valence-electron chi connectivity index (χ4n) is 8.72. The topological polar surface area (TPSA) is 6.48 Å². The van der Waals surface area contributed by atoms with E-state index in [0.717, 1.165) is 28.2 Å². The third kappa shape index (κ3) is 5.67. The number of anilines is 5. The van der Waals surface area contributed by atoms with Gasteiger partial charge in [-0.2, -0.15) is 0 Å². The van der Waals surface area contributed by atoms with Gasteiger partial charge in [0.2, 0.25) is 0 Å². The molecule has 1 aliphatic heterocycles. The van der Waals surface area contributed by atoms with Crippen LogP contribution in [-0.4, -0.2) is 6.04 Å². The largest absolute Gasteiger partial charge is 0.333 e. The smallest absolute Gasteiger partial charge is 0.0629 e. The molecule has 9 rings (SSSR count). The number of fused-ring (bicyclic) bond motifs is 6. The fraction of sp³-hybridized carbons (Fsp3) is 0.115. The van der Waals surface area contributed by atoms with Gasteiger partial charge in [-0.1, -0.05) is 148 Å². The molecule has 6 aromatic carbocycles. The molecule has 0 fully saturated rings. The first-order valence-electron chi connectivity index (χ1n) is 19.0. The van der Waals surface area contributed by atoms with Gasteiger partial charge >= 0.3 is 0 Å². The molecule has 0 spiro atoms. The van der Waals surface area contributed by atoms with Crippen molar-refractivity contribution in [3.63, 3.8) is 0 Å². The molecule has 2 atom stereocenters. The van der Waals surface area contributed by atoms with Crippen molar-refractivity contribution >= 4 is 34.0 Å². The van der Waals surface area contributed by atoms with Gasteiger partial charge in [-0.15, -0.1) is 0 Å². The van der Waals surface area contributed by atoms with Crippen molar-refractivity contribution in [2.24, 2.45) is 0 Å². The first-order chi connectivity index (χ1) is 26.4. The molecule has 6 aromatic rings. The zero-order chi connectivity index (χ0) is 36.8. The number of rotatable bonds is 8. The van der Waals surface area contributed by atoms with E-state index >= 15 is 0 Å². The first kappa shape index (κ1) is 33.5. The molecule has 2 heteroatoms. The van der Waals surface area contributed by atoms with Gasteiger partial charge in [-0.25, -0.2) is 0 Å². The molecule has 0 saturated heterocycles. The zero-order valence-corrected chi connectivity index (χ0v) is 31.2. The summed E-state index contributed by atoms with van der Waals surface area (Å²) in [6.07, 6.45) is 17.3. The Morgan fingerprint density at radius 3 is 2.20 bits per heavy atom. The van der Waals surface area contributed by atoms with Crippen molar-refractivity contribution in [1.29, 1.82) is 0 Å². The second-order valence-corrected chi connectivity index (χ2v) is 15.0. The van der Waals surface area contributed by atoms with Gasteiger partial charge in [0.15, 0.2) is 0 Å². The Balaban J connectivity index is 1.11. The molecule has 0 amide bonds. The minimum Gasteiger partial charge on any atom is -0.333 e. The first-order valence-corrected chi connectivity index (χ1v) is 19.0. The van der Waals surface area contributed by atoms with Gasteiger partial charge < -0.3 is 9.80 Å². The van der Waals surface area contributed by atoms with E-state index in [1.54, 1.807) is 0 Å². The molecule has 0 saturated carbocycles. The number of hydrogen-bond acceptors (Lipinski definition) is 2. The number of allylic oxidation sites excluding steroid dienone is 7. The lowest BCUT2D eigenvalue weighted by molar-refractivity contribution is 0.660. The molecule has 1 heterocycles. The van der Waals surface area contributed by atoms with E-state index in [0.29, 0.717) is 5.92 Å². The van der Waals surface area contributed by atoms with E-state index in [-0.39, 0.29) is 11.5 Å². The molecule has 2 unspecified atom stereocenters. The predicted molar refractivity (Wildman–Crippen MR) is 231 cm³/mol. The molecule has 0 aromatic heterocycles. The Morgan fingerprint density at radius 1 is 0.648 bits per heavy atom. The molecular formula is C52H44N2. The Labute approximate surface area is 320 Å². The van der Waals surface area contributed by atoms with Crippen LogP contribution >= 0.6 is 0 Å². The summed E-state index contributed by atoms with van der Waals surface area (Å²) >= 11 is 0. The zero-order valence-electron chi connectivity index (χ0n) is 31.2. The summed E-state index contributed by atoms with van der Waals surface area (Å²) in [5, 5.41) is 0. The standard InChI is InChI=1S/C52H44N2/c1-5-6-8-16-36(2)38-17-15-20-42(33-38)53(43-30-31-45-44-21-11-13-23-48(44)52(3,4)49(45)35-43)41-28-25-37(26-29-41)39-27-32-51-47(34-39)46-22-12-14-24-50(46)54(51)40-18-9-7-10-19-40/h5-35,46,50H,2H2,1,3-4H3/b6-5-,16-8-. The average molecular weight is 697 g/mol. The number of nitrogens with zero attached hydrogens (tertiary/aromatic N) is 2. The number of hydrogen-bond donors (Lipinski definition) is 0. The van der Waals surface area contributed by atoms with Crippen LogP contribution in [0.3, 0.4) is 0 Å². The van der Waals surface area contributed by atoms with Gasteiger partial charge in [-0.3, -0.25) is 0 Å². The predicted octanol–water partition coefficient (Wildman–Crippen LogP) is 14.0. The highest BCUT2D eigenvalue weighted by Gasteiger charge is 2.38. The van der Waals surface area contributed by atoms with Crippen LogP contribution in [0.5, 0.6) is 0 Å². The summed E-state index contributed by atoms with van der Waals surface area (Å²) in [5.74, 6) is 0.310. The number of benzene rings is 6. The summed E-state index contributed by atoms with van der Waals surface area (Å²) in [6, 6.07) is 51.7. The average Bonchev–Trinajstić information content (AvgIpc) is 3.66. The van der Waals surface area contributed by atoms with E-state index in [9.17, 15) is 0 Å². The minimum atomic E-state index is -0.100. The van der Waals surface area contributed by atoms with Crippen LogP contribution in [0.4, 0.5) is 28.4 Å². The summed E-state index contributed by atoms with van der Waals surface area (Å²) < 4.78 is 0.